The second kappa shape index (κ2) is 17.3. The molecule has 5 rings (SSSR count). The van der Waals surface area contributed by atoms with Crippen molar-refractivity contribution in [2.75, 3.05) is 40.5 Å². The molecule has 244 valence electrons. The number of rotatable bonds is 14. The van der Waals surface area contributed by atoms with Crippen molar-refractivity contribution in [1.82, 2.24) is 4.90 Å². The highest BCUT2D eigenvalue weighted by atomic mass is 16.7. The summed E-state index contributed by atoms with van der Waals surface area (Å²) in [5, 5.41) is 20.8. The number of benzene rings is 3. The van der Waals surface area contributed by atoms with Crippen LogP contribution in [0.2, 0.25) is 0 Å². The molecule has 8 atom stereocenters. The Labute approximate surface area is 265 Å². The van der Waals surface area contributed by atoms with Crippen LogP contribution < -0.4 is 0 Å². The summed E-state index contributed by atoms with van der Waals surface area (Å²) in [6.07, 6.45) is -5.39. The topological polar surface area (TPSA) is 108 Å². The van der Waals surface area contributed by atoms with Crippen molar-refractivity contribution in [2.24, 2.45) is 0 Å². The molecule has 0 unspecified atom stereocenters. The van der Waals surface area contributed by atoms with Gasteiger partial charge in [0.05, 0.1) is 32.5 Å². The third-order valence-electron chi connectivity index (χ3n) is 8.10. The third kappa shape index (κ3) is 9.40. The van der Waals surface area contributed by atoms with Crippen LogP contribution >= 0.6 is 0 Å². The van der Waals surface area contributed by atoms with Crippen molar-refractivity contribution >= 4 is 0 Å². The standard InChI is InChI=1S/C35H45NO9/c1-39-34-29(38)19-36(18-28(21-37)44-34)20-30-31(41-22-25-12-6-3-7-13-25)32(42-23-26-14-8-4-9-15-26)33(35(40-2)45-30)43-24-27-16-10-5-11-17-27/h3-17,28-35,37-38H,18-24H2,1-2H3/t28-,29+,30+,31+,32-,33+,34-,35-/m0/s1. The zero-order valence-corrected chi connectivity index (χ0v) is 25.9. The average Bonchev–Trinajstić information content (AvgIpc) is 3.24. The first-order valence-corrected chi connectivity index (χ1v) is 15.4. The molecule has 10 heteroatoms. The van der Waals surface area contributed by atoms with Crippen LogP contribution in [-0.2, 0) is 53.0 Å². The SMILES string of the molecule is CO[C@H]1O[C@H](CN2C[C@@H](CO)O[C@H](OC)[C@H](O)C2)[C@@H](OCc2ccccc2)[C@H](OCc2ccccc2)[C@H]1OCc1ccccc1. The minimum Gasteiger partial charge on any atom is -0.394 e. The van der Waals surface area contributed by atoms with Crippen molar-refractivity contribution in [3.8, 4) is 0 Å². The van der Waals surface area contributed by atoms with E-state index in [-0.39, 0.29) is 13.2 Å². The molecule has 10 nitrogen and oxygen atoms in total. The van der Waals surface area contributed by atoms with Crippen molar-refractivity contribution in [2.45, 2.75) is 69.0 Å². The van der Waals surface area contributed by atoms with E-state index in [9.17, 15) is 10.2 Å². The molecule has 2 aliphatic rings. The first-order valence-electron chi connectivity index (χ1n) is 15.4. The Morgan fingerprint density at radius 2 is 1.13 bits per heavy atom. The number of β-amino-alcohol motifs (C(OH)–C–C–N with tert-alkyl or cyclic N) is 1. The molecule has 2 N–H and O–H groups in total. The minimum absolute atomic E-state index is 0.221. The van der Waals surface area contributed by atoms with Gasteiger partial charge in [-0.05, 0) is 16.7 Å². The van der Waals surface area contributed by atoms with Gasteiger partial charge in [0, 0.05) is 33.9 Å². The summed E-state index contributed by atoms with van der Waals surface area (Å²) in [5.74, 6) is 0. The van der Waals surface area contributed by atoms with Gasteiger partial charge in [0.1, 0.15) is 30.5 Å². The van der Waals surface area contributed by atoms with E-state index in [2.05, 4.69) is 0 Å². The van der Waals surface area contributed by atoms with Crippen LogP contribution in [0.15, 0.2) is 91.0 Å². The predicted molar refractivity (Wildman–Crippen MR) is 166 cm³/mol. The molecule has 2 aliphatic heterocycles. The Kier molecular flexibility index (Phi) is 12.9. The number of ether oxygens (including phenoxy) is 7. The molecule has 2 fully saturated rings. The molecule has 2 saturated heterocycles. The van der Waals surface area contributed by atoms with Gasteiger partial charge in [-0.3, -0.25) is 4.90 Å². The number of methoxy groups -OCH3 is 2. The average molecular weight is 624 g/mol. The van der Waals surface area contributed by atoms with Crippen LogP contribution in [0.1, 0.15) is 16.7 Å². The van der Waals surface area contributed by atoms with Crippen LogP contribution in [0.5, 0.6) is 0 Å². The summed E-state index contributed by atoms with van der Waals surface area (Å²) in [6, 6.07) is 29.8. The van der Waals surface area contributed by atoms with E-state index in [0.29, 0.717) is 32.9 Å². The fourth-order valence-electron chi connectivity index (χ4n) is 5.84. The van der Waals surface area contributed by atoms with E-state index in [1.165, 1.54) is 7.11 Å². The Morgan fingerprint density at radius 1 is 0.644 bits per heavy atom. The lowest BCUT2D eigenvalue weighted by atomic mass is 9.96. The molecular formula is C35H45NO9. The maximum absolute atomic E-state index is 10.8. The highest BCUT2D eigenvalue weighted by Gasteiger charge is 2.49. The van der Waals surface area contributed by atoms with E-state index >= 15 is 0 Å². The van der Waals surface area contributed by atoms with E-state index in [0.717, 1.165) is 16.7 Å². The Balaban J connectivity index is 1.44. The maximum Gasteiger partial charge on any atom is 0.186 e. The molecule has 0 bridgehead atoms. The smallest absolute Gasteiger partial charge is 0.186 e. The lowest BCUT2D eigenvalue weighted by molar-refractivity contribution is -0.319. The highest BCUT2D eigenvalue weighted by molar-refractivity contribution is 5.16. The fourth-order valence-corrected chi connectivity index (χ4v) is 5.84. The van der Waals surface area contributed by atoms with E-state index < -0.39 is 49.2 Å². The Hall–Kier alpha value is -2.74. The number of hydrogen-bond acceptors (Lipinski definition) is 10. The zero-order chi connectivity index (χ0) is 31.4. The zero-order valence-electron chi connectivity index (χ0n) is 25.9. The summed E-state index contributed by atoms with van der Waals surface area (Å²) < 4.78 is 43.5. The van der Waals surface area contributed by atoms with Gasteiger partial charge in [-0.1, -0.05) is 91.0 Å². The minimum atomic E-state index is -0.927. The molecule has 0 amide bonds. The van der Waals surface area contributed by atoms with Crippen molar-refractivity contribution in [3.63, 3.8) is 0 Å². The van der Waals surface area contributed by atoms with Crippen molar-refractivity contribution in [1.29, 1.82) is 0 Å². The van der Waals surface area contributed by atoms with E-state index in [1.54, 1.807) is 7.11 Å². The van der Waals surface area contributed by atoms with Crippen LogP contribution in [0.4, 0.5) is 0 Å². The number of aliphatic hydroxyl groups excluding tert-OH is 2. The summed E-state index contributed by atoms with van der Waals surface area (Å²) >= 11 is 0. The molecule has 0 aliphatic carbocycles. The lowest BCUT2D eigenvalue weighted by Gasteiger charge is -2.46. The first kappa shape index (κ1) is 33.6. The fraction of sp³-hybridized carbons (Fsp3) is 0.486. The van der Waals surface area contributed by atoms with Crippen molar-refractivity contribution < 1.29 is 43.4 Å². The van der Waals surface area contributed by atoms with Crippen LogP contribution in [0, 0.1) is 0 Å². The molecule has 0 radical (unpaired) electrons. The molecule has 3 aromatic carbocycles. The normalized spacial score (nSPS) is 29.3. The maximum atomic E-state index is 10.8. The highest BCUT2D eigenvalue weighted by Crippen LogP contribution is 2.32. The van der Waals surface area contributed by atoms with E-state index in [1.807, 2.05) is 95.9 Å². The number of nitrogens with zero attached hydrogens (tertiary/aromatic N) is 1. The van der Waals surface area contributed by atoms with E-state index in [4.69, 9.17) is 33.2 Å². The summed E-state index contributed by atoms with van der Waals surface area (Å²) in [7, 11) is 3.07. The summed E-state index contributed by atoms with van der Waals surface area (Å²) in [5.41, 5.74) is 3.04. The van der Waals surface area contributed by atoms with Gasteiger partial charge in [0.25, 0.3) is 0 Å². The summed E-state index contributed by atoms with van der Waals surface area (Å²) in [6.45, 7) is 1.74. The predicted octanol–water partition coefficient (Wildman–Crippen LogP) is 3.14. The third-order valence-corrected chi connectivity index (χ3v) is 8.10. The van der Waals surface area contributed by atoms with Crippen molar-refractivity contribution in [3.05, 3.63) is 108 Å². The van der Waals surface area contributed by atoms with Crippen LogP contribution in [0.3, 0.4) is 0 Å². The molecule has 0 saturated carbocycles. The van der Waals surface area contributed by atoms with Gasteiger partial charge in [0.15, 0.2) is 12.6 Å². The van der Waals surface area contributed by atoms with Crippen LogP contribution in [-0.4, -0.2) is 105 Å². The number of aliphatic hydroxyl groups is 2. The molecule has 45 heavy (non-hydrogen) atoms. The van der Waals surface area contributed by atoms with Gasteiger partial charge in [-0.2, -0.15) is 0 Å². The van der Waals surface area contributed by atoms with Gasteiger partial charge in [-0.15, -0.1) is 0 Å². The molecule has 2 heterocycles. The van der Waals surface area contributed by atoms with Gasteiger partial charge in [0.2, 0.25) is 0 Å². The molecular weight excluding hydrogens is 578 g/mol. The second-order valence-corrected chi connectivity index (χ2v) is 11.4. The number of hydrogen-bond donors (Lipinski definition) is 2. The van der Waals surface area contributed by atoms with Gasteiger partial charge < -0.3 is 43.4 Å². The quantitative estimate of drug-likeness (QED) is 0.278. The summed E-state index contributed by atoms with van der Waals surface area (Å²) in [4.78, 5) is 2.00. The largest absolute Gasteiger partial charge is 0.394 e. The monoisotopic (exact) mass is 623 g/mol. The first-order chi connectivity index (χ1) is 22.1. The molecule has 0 spiro atoms. The Bertz CT molecular complexity index is 1240. The molecule has 3 aromatic rings. The van der Waals surface area contributed by atoms with Gasteiger partial charge in [-0.25, -0.2) is 0 Å². The second-order valence-electron chi connectivity index (χ2n) is 11.4. The van der Waals surface area contributed by atoms with Gasteiger partial charge >= 0.3 is 0 Å². The molecule has 0 aromatic heterocycles. The van der Waals surface area contributed by atoms with Crippen LogP contribution in [0.25, 0.3) is 0 Å². The lowest BCUT2D eigenvalue weighted by Crippen LogP contribution is -2.63. The Morgan fingerprint density at radius 3 is 1.62 bits per heavy atom.